The standard InChI is InChI=1S/C12H16O2/c1-8(2)11-7-14-12-5-4-9(13-3)6-10(11)12/h4-6,8,11H,7H2,1-3H3/t11-/m1/s1. The lowest BCUT2D eigenvalue weighted by molar-refractivity contribution is 0.304. The van der Waals surface area contributed by atoms with Gasteiger partial charge in [0.15, 0.2) is 0 Å². The first-order valence-corrected chi connectivity index (χ1v) is 5.03. The van der Waals surface area contributed by atoms with Crippen molar-refractivity contribution < 1.29 is 9.47 Å². The molecule has 2 heteroatoms. The van der Waals surface area contributed by atoms with Crippen molar-refractivity contribution in [1.29, 1.82) is 0 Å². The Hall–Kier alpha value is -1.18. The van der Waals surface area contributed by atoms with E-state index in [9.17, 15) is 0 Å². The Kier molecular flexibility index (Phi) is 2.36. The third kappa shape index (κ3) is 1.45. The van der Waals surface area contributed by atoms with Crippen molar-refractivity contribution in [2.75, 3.05) is 13.7 Å². The smallest absolute Gasteiger partial charge is 0.123 e. The first kappa shape index (κ1) is 9.38. The summed E-state index contributed by atoms with van der Waals surface area (Å²) in [5.74, 6) is 3.06. The zero-order valence-corrected chi connectivity index (χ0v) is 8.91. The lowest BCUT2D eigenvalue weighted by Gasteiger charge is -2.12. The molecule has 1 aliphatic heterocycles. The second kappa shape index (κ2) is 3.52. The highest BCUT2D eigenvalue weighted by atomic mass is 16.5. The minimum Gasteiger partial charge on any atom is -0.497 e. The van der Waals surface area contributed by atoms with E-state index in [0.29, 0.717) is 11.8 Å². The average Bonchev–Trinajstić information content (AvgIpc) is 2.59. The summed E-state index contributed by atoms with van der Waals surface area (Å²) in [7, 11) is 1.70. The van der Waals surface area contributed by atoms with E-state index < -0.39 is 0 Å². The molecular weight excluding hydrogens is 176 g/mol. The van der Waals surface area contributed by atoms with E-state index in [1.165, 1.54) is 5.56 Å². The Bertz CT molecular complexity index is 331. The fourth-order valence-electron chi connectivity index (χ4n) is 1.90. The Labute approximate surface area is 84.8 Å². The topological polar surface area (TPSA) is 18.5 Å². The van der Waals surface area contributed by atoms with E-state index in [1.807, 2.05) is 12.1 Å². The van der Waals surface area contributed by atoms with Gasteiger partial charge in [0, 0.05) is 11.5 Å². The van der Waals surface area contributed by atoms with Crippen molar-refractivity contribution in [3.63, 3.8) is 0 Å². The normalized spacial score (nSPS) is 19.3. The van der Waals surface area contributed by atoms with Crippen LogP contribution in [-0.4, -0.2) is 13.7 Å². The van der Waals surface area contributed by atoms with E-state index in [2.05, 4.69) is 19.9 Å². The minimum absolute atomic E-state index is 0.514. The van der Waals surface area contributed by atoms with Gasteiger partial charge in [-0.15, -0.1) is 0 Å². The highest BCUT2D eigenvalue weighted by Gasteiger charge is 2.26. The van der Waals surface area contributed by atoms with Crippen molar-refractivity contribution in [3.8, 4) is 11.5 Å². The van der Waals surface area contributed by atoms with Gasteiger partial charge >= 0.3 is 0 Å². The fourth-order valence-corrected chi connectivity index (χ4v) is 1.90. The van der Waals surface area contributed by atoms with E-state index in [1.54, 1.807) is 7.11 Å². The van der Waals surface area contributed by atoms with Crippen LogP contribution >= 0.6 is 0 Å². The number of hydrogen-bond donors (Lipinski definition) is 0. The van der Waals surface area contributed by atoms with E-state index in [0.717, 1.165) is 18.1 Å². The molecule has 0 radical (unpaired) electrons. The van der Waals surface area contributed by atoms with Crippen LogP contribution in [0.4, 0.5) is 0 Å². The minimum atomic E-state index is 0.514. The van der Waals surface area contributed by atoms with Crippen LogP contribution in [0, 0.1) is 5.92 Å². The number of methoxy groups -OCH3 is 1. The van der Waals surface area contributed by atoms with Gasteiger partial charge in [0.1, 0.15) is 11.5 Å². The summed E-state index contributed by atoms with van der Waals surface area (Å²) < 4.78 is 10.8. The van der Waals surface area contributed by atoms with Crippen LogP contribution in [0.1, 0.15) is 25.3 Å². The second-order valence-electron chi connectivity index (χ2n) is 4.07. The van der Waals surface area contributed by atoms with Gasteiger partial charge in [-0.2, -0.15) is 0 Å². The lowest BCUT2D eigenvalue weighted by atomic mass is 9.90. The third-order valence-electron chi connectivity index (χ3n) is 2.84. The molecule has 0 amide bonds. The van der Waals surface area contributed by atoms with Crippen LogP contribution in [0.2, 0.25) is 0 Å². The van der Waals surface area contributed by atoms with Gasteiger partial charge < -0.3 is 9.47 Å². The molecule has 0 unspecified atom stereocenters. The fraction of sp³-hybridized carbons (Fsp3) is 0.500. The highest BCUT2D eigenvalue weighted by Crippen LogP contribution is 2.39. The molecule has 1 aromatic carbocycles. The summed E-state index contributed by atoms with van der Waals surface area (Å²) in [6.45, 7) is 5.26. The molecule has 0 bridgehead atoms. The summed E-state index contributed by atoms with van der Waals surface area (Å²) in [6.07, 6.45) is 0. The number of rotatable bonds is 2. The molecule has 0 aliphatic carbocycles. The van der Waals surface area contributed by atoms with Crippen molar-refractivity contribution in [2.24, 2.45) is 5.92 Å². The Balaban J connectivity index is 2.37. The predicted octanol–water partition coefficient (Wildman–Crippen LogP) is 2.83. The molecule has 0 spiro atoms. The summed E-state index contributed by atoms with van der Waals surface area (Å²) in [6, 6.07) is 6.03. The van der Waals surface area contributed by atoms with Crippen molar-refractivity contribution in [2.45, 2.75) is 19.8 Å². The van der Waals surface area contributed by atoms with E-state index in [4.69, 9.17) is 9.47 Å². The first-order valence-electron chi connectivity index (χ1n) is 5.03. The maximum atomic E-state index is 5.62. The molecule has 2 rings (SSSR count). The van der Waals surface area contributed by atoms with E-state index >= 15 is 0 Å². The summed E-state index contributed by atoms with van der Waals surface area (Å²) in [5.41, 5.74) is 1.29. The monoisotopic (exact) mass is 192 g/mol. The number of benzene rings is 1. The maximum Gasteiger partial charge on any atom is 0.123 e. The van der Waals surface area contributed by atoms with Gasteiger partial charge in [-0.1, -0.05) is 13.8 Å². The Morgan fingerprint density at radius 2 is 2.21 bits per heavy atom. The van der Waals surface area contributed by atoms with Crippen LogP contribution in [0.25, 0.3) is 0 Å². The average molecular weight is 192 g/mol. The van der Waals surface area contributed by atoms with Gasteiger partial charge in [-0.05, 0) is 24.1 Å². The molecule has 0 N–H and O–H groups in total. The zero-order valence-electron chi connectivity index (χ0n) is 8.91. The van der Waals surface area contributed by atoms with Crippen LogP contribution in [0.5, 0.6) is 11.5 Å². The van der Waals surface area contributed by atoms with Gasteiger partial charge in [-0.25, -0.2) is 0 Å². The SMILES string of the molecule is COc1ccc2c(c1)[C@@H](C(C)C)CO2. The summed E-state index contributed by atoms with van der Waals surface area (Å²) in [4.78, 5) is 0. The maximum absolute atomic E-state index is 5.62. The molecule has 0 aromatic heterocycles. The summed E-state index contributed by atoms with van der Waals surface area (Å²) >= 11 is 0. The van der Waals surface area contributed by atoms with E-state index in [-0.39, 0.29) is 0 Å². The van der Waals surface area contributed by atoms with Crippen LogP contribution in [0.3, 0.4) is 0 Å². The number of hydrogen-bond acceptors (Lipinski definition) is 2. The van der Waals surface area contributed by atoms with Gasteiger partial charge in [0.05, 0.1) is 13.7 Å². The van der Waals surface area contributed by atoms with Crippen LogP contribution in [0.15, 0.2) is 18.2 Å². The summed E-state index contributed by atoms with van der Waals surface area (Å²) in [5, 5.41) is 0. The molecule has 1 aromatic rings. The quantitative estimate of drug-likeness (QED) is 0.717. The number of fused-ring (bicyclic) bond motifs is 1. The largest absolute Gasteiger partial charge is 0.497 e. The van der Waals surface area contributed by atoms with Crippen molar-refractivity contribution in [3.05, 3.63) is 23.8 Å². The van der Waals surface area contributed by atoms with Gasteiger partial charge in [0.25, 0.3) is 0 Å². The predicted molar refractivity (Wildman–Crippen MR) is 56.1 cm³/mol. The Morgan fingerprint density at radius 1 is 1.43 bits per heavy atom. The molecule has 2 nitrogen and oxygen atoms in total. The molecule has 0 saturated carbocycles. The zero-order chi connectivity index (χ0) is 10.1. The highest BCUT2D eigenvalue weighted by molar-refractivity contribution is 5.45. The van der Waals surface area contributed by atoms with Crippen LogP contribution < -0.4 is 9.47 Å². The van der Waals surface area contributed by atoms with Crippen LogP contribution in [-0.2, 0) is 0 Å². The molecule has 0 saturated heterocycles. The molecular formula is C12H16O2. The molecule has 76 valence electrons. The van der Waals surface area contributed by atoms with Gasteiger partial charge in [-0.3, -0.25) is 0 Å². The van der Waals surface area contributed by atoms with Crippen molar-refractivity contribution >= 4 is 0 Å². The lowest BCUT2D eigenvalue weighted by Crippen LogP contribution is -2.07. The second-order valence-corrected chi connectivity index (χ2v) is 4.07. The number of ether oxygens (including phenoxy) is 2. The Morgan fingerprint density at radius 3 is 2.86 bits per heavy atom. The van der Waals surface area contributed by atoms with Gasteiger partial charge in [0.2, 0.25) is 0 Å². The molecule has 1 heterocycles. The third-order valence-corrected chi connectivity index (χ3v) is 2.84. The first-order chi connectivity index (χ1) is 6.72. The molecule has 14 heavy (non-hydrogen) atoms. The molecule has 1 atom stereocenters. The molecule has 1 aliphatic rings. The van der Waals surface area contributed by atoms with Crippen molar-refractivity contribution in [1.82, 2.24) is 0 Å². The molecule has 0 fully saturated rings.